The highest BCUT2D eigenvalue weighted by Crippen LogP contribution is 2.16. The number of guanidine groups is 1. The number of aliphatic imine (C=N–C) groups is 1. The Morgan fingerprint density at radius 3 is 2.76 bits per heavy atom. The Bertz CT molecular complexity index is 836. The van der Waals surface area contributed by atoms with Crippen LogP contribution in [0.1, 0.15) is 12.5 Å². The molecule has 1 N–H and O–H groups in total. The van der Waals surface area contributed by atoms with Crippen LogP contribution in [-0.4, -0.2) is 65.9 Å². The predicted octanol–water partition coefficient (Wildman–Crippen LogP) is 1.90. The van der Waals surface area contributed by atoms with E-state index < -0.39 is 0 Å². The summed E-state index contributed by atoms with van der Waals surface area (Å²) in [5.74, 6) is 0.774. The average Bonchev–Trinajstić information content (AvgIpc) is 3.14. The molecule has 0 spiro atoms. The van der Waals surface area contributed by atoms with Crippen molar-refractivity contribution in [2.75, 3.05) is 44.2 Å². The number of benzene rings is 1. The molecule has 0 atom stereocenters. The zero-order valence-corrected chi connectivity index (χ0v) is 17.6. The maximum Gasteiger partial charge on any atom is 0.246 e. The normalized spacial score (nSPS) is 15.1. The van der Waals surface area contributed by atoms with Gasteiger partial charge in [0.25, 0.3) is 0 Å². The molecule has 1 aliphatic rings. The Hall–Kier alpha value is -2.58. The van der Waals surface area contributed by atoms with Gasteiger partial charge in [0.2, 0.25) is 5.91 Å². The van der Waals surface area contributed by atoms with Gasteiger partial charge in [-0.05, 0) is 24.6 Å². The molecule has 1 fully saturated rings. The number of hydrogen-bond acceptors (Lipinski definition) is 4. The second-order valence-electron chi connectivity index (χ2n) is 6.75. The van der Waals surface area contributed by atoms with Gasteiger partial charge in [0.15, 0.2) is 5.96 Å². The van der Waals surface area contributed by atoms with Crippen LogP contribution in [0.5, 0.6) is 0 Å². The number of anilines is 1. The Morgan fingerprint density at radius 2 is 2.10 bits per heavy atom. The first-order valence-electron chi connectivity index (χ1n) is 9.71. The van der Waals surface area contributed by atoms with Gasteiger partial charge >= 0.3 is 0 Å². The third-order valence-electron chi connectivity index (χ3n) is 4.54. The molecule has 1 amide bonds. The molecule has 2 heterocycles. The first-order valence-corrected chi connectivity index (χ1v) is 10.1. The van der Waals surface area contributed by atoms with E-state index in [2.05, 4.69) is 15.4 Å². The lowest BCUT2D eigenvalue weighted by atomic mass is 10.2. The van der Waals surface area contributed by atoms with Crippen molar-refractivity contribution in [1.29, 1.82) is 0 Å². The van der Waals surface area contributed by atoms with Gasteiger partial charge in [-0.3, -0.25) is 14.5 Å². The fraction of sp³-hybridized carbons (Fsp3) is 0.450. The zero-order chi connectivity index (χ0) is 20.6. The van der Waals surface area contributed by atoms with E-state index >= 15 is 0 Å². The molecule has 0 saturated carbocycles. The highest BCUT2D eigenvalue weighted by Gasteiger charge is 2.27. The van der Waals surface area contributed by atoms with Crippen molar-refractivity contribution in [3.05, 3.63) is 47.2 Å². The van der Waals surface area contributed by atoms with Crippen molar-refractivity contribution >= 4 is 29.2 Å². The summed E-state index contributed by atoms with van der Waals surface area (Å²) in [5.41, 5.74) is 1.90. The number of nitrogens with zero attached hydrogens (tertiary/aromatic N) is 5. The molecule has 1 aromatic heterocycles. The SMILES string of the molecule is CCNC(=NCCOCc1ccc(Cl)cc1)N1CCN(c2cnn(C)c2)C(=O)C1. The molecule has 1 saturated heterocycles. The summed E-state index contributed by atoms with van der Waals surface area (Å²) in [5, 5.41) is 8.13. The molecule has 0 aliphatic carbocycles. The Morgan fingerprint density at radius 1 is 1.31 bits per heavy atom. The highest BCUT2D eigenvalue weighted by molar-refractivity contribution is 6.30. The van der Waals surface area contributed by atoms with Crippen molar-refractivity contribution < 1.29 is 9.53 Å². The summed E-state index contributed by atoms with van der Waals surface area (Å²) in [6.07, 6.45) is 3.57. The third-order valence-corrected chi connectivity index (χ3v) is 4.79. The smallest absolute Gasteiger partial charge is 0.246 e. The van der Waals surface area contributed by atoms with Crippen LogP contribution in [0.25, 0.3) is 0 Å². The second kappa shape index (κ2) is 10.3. The Labute approximate surface area is 176 Å². The van der Waals surface area contributed by atoms with E-state index in [1.54, 1.807) is 15.8 Å². The fourth-order valence-electron chi connectivity index (χ4n) is 3.09. The van der Waals surface area contributed by atoms with E-state index in [4.69, 9.17) is 16.3 Å². The lowest BCUT2D eigenvalue weighted by molar-refractivity contribution is -0.120. The predicted molar refractivity (Wildman–Crippen MR) is 114 cm³/mol. The van der Waals surface area contributed by atoms with E-state index in [0.29, 0.717) is 37.9 Å². The average molecular weight is 419 g/mol. The number of aromatic nitrogens is 2. The molecule has 8 nitrogen and oxygen atoms in total. The fourth-order valence-corrected chi connectivity index (χ4v) is 3.21. The molecular weight excluding hydrogens is 392 g/mol. The highest BCUT2D eigenvalue weighted by atomic mass is 35.5. The number of piperazine rings is 1. The van der Waals surface area contributed by atoms with Crippen molar-refractivity contribution in [2.45, 2.75) is 13.5 Å². The van der Waals surface area contributed by atoms with Gasteiger partial charge in [-0.2, -0.15) is 5.10 Å². The second-order valence-corrected chi connectivity index (χ2v) is 7.19. The maximum atomic E-state index is 12.6. The van der Waals surface area contributed by atoms with Crippen molar-refractivity contribution in [3.63, 3.8) is 0 Å². The number of amides is 1. The number of nitrogens with one attached hydrogen (secondary N) is 1. The van der Waals surface area contributed by atoms with Gasteiger partial charge in [0, 0.05) is 37.9 Å². The van der Waals surface area contributed by atoms with Gasteiger partial charge < -0.3 is 19.9 Å². The zero-order valence-electron chi connectivity index (χ0n) is 16.8. The molecule has 1 aromatic carbocycles. The molecule has 156 valence electrons. The van der Waals surface area contributed by atoms with Gasteiger partial charge in [-0.15, -0.1) is 0 Å². The molecule has 0 unspecified atom stereocenters. The molecule has 1 aliphatic heterocycles. The summed E-state index contributed by atoms with van der Waals surface area (Å²) in [4.78, 5) is 21.0. The largest absolute Gasteiger partial charge is 0.375 e. The van der Waals surface area contributed by atoms with Crippen molar-refractivity contribution in [3.8, 4) is 0 Å². The number of aryl methyl sites for hydroxylation is 1. The van der Waals surface area contributed by atoms with Crippen molar-refractivity contribution in [2.24, 2.45) is 12.0 Å². The summed E-state index contributed by atoms with van der Waals surface area (Å²) < 4.78 is 7.39. The van der Waals surface area contributed by atoms with E-state index in [-0.39, 0.29) is 12.5 Å². The lowest BCUT2D eigenvalue weighted by Gasteiger charge is -2.35. The van der Waals surface area contributed by atoms with E-state index in [9.17, 15) is 4.79 Å². The quantitative estimate of drug-likeness (QED) is 0.422. The lowest BCUT2D eigenvalue weighted by Crippen LogP contribution is -2.55. The number of rotatable bonds is 7. The van der Waals surface area contributed by atoms with Gasteiger partial charge in [0.1, 0.15) is 6.54 Å². The first kappa shape index (κ1) is 21.1. The Kier molecular flexibility index (Phi) is 7.48. The molecule has 29 heavy (non-hydrogen) atoms. The summed E-state index contributed by atoms with van der Waals surface area (Å²) in [6, 6.07) is 7.60. The number of hydrogen-bond donors (Lipinski definition) is 1. The summed E-state index contributed by atoms with van der Waals surface area (Å²) in [7, 11) is 1.84. The van der Waals surface area contributed by atoms with Crippen LogP contribution in [0.3, 0.4) is 0 Å². The molecule has 9 heteroatoms. The molecular formula is C20H27ClN6O2. The van der Waals surface area contributed by atoms with Crippen LogP contribution in [0.2, 0.25) is 5.02 Å². The minimum atomic E-state index is 0.0360. The molecule has 2 aromatic rings. The third kappa shape index (κ3) is 5.95. The Balaban J connectivity index is 1.49. The van der Waals surface area contributed by atoms with Gasteiger partial charge in [-0.25, -0.2) is 0 Å². The number of carbonyl (C=O) groups is 1. The minimum absolute atomic E-state index is 0.0360. The van der Waals surface area contributed by atoms with Crippen LogP contribution in [0.15, 0.2) is 41.7 Å². The molecule has 0 radical (unpaired) electrons. The summed E-state index contributed by atoms with van der Waals surface area (Å²) in [6.45, 7) is 5.88. The maximum absolute atomic E-state index is 12.6. The topological polar surface area (TPSA) is 75.0 Å². The van der Waals surface area contributed by atoms with Crippen LogP contribution in [0.4, 0.5) is 5.69 Å². The van der Waals surface area contributed by atoms with Crippen LogP contribution >= 0.6 is 11.6 Å². The monoisotopic (exact) mass is 418 g/mol. The number of ether oxygens (including phenoxy) is 1. The van der Waals surface area contributed by atoms with Crippen molar-refractivity contribution in [1.82, 2.24) is 20.0 Å². The van der Waals surface area contributed by atoms with Gasteiger partial charge in [0.05, 0.1) is 31.6 Å². The molecule has 3 rings (SSSR count). The van der Waals surface area contributed by atoms with Gasteiger partial charge in [-0.1, -0.05) is 23.7 Å². The van der Waals surface area contributed by atoms with E-state index in [1.807, 2.05) is 49.3 Å². The first-order chi connectivity index (χ1) is 14.1. The minimum Gasteiger partial charge on any atom is -0.375 e. The molecule has 0 bridgehead atoms. The summed E-state index contributed by atoms with van der Waals surface area (Å²) >= 11 is 5.89. The van der Waals surface area contributed by atoms with E-state index in [0.717, 1.165) is 23.8 Å². The standard InChI is InChI=1S/C20H27ClN6O2/c1-3-22-20(23-8-11-29-15-16-4-6-17(21)7-5-16)26-9-10-27(19(28)14-26)18-12-24-25(2)13-18/h4-7,12-13H,3,8-11,14-15H2,1-2H3,(H,22,23). The van der Waals surface area contributed by atoms with Crippen LogP contribution < -0.4 is 10.2 Å². The number of carbonyl (C=O) groups excluding carboxylic acids is 1. The van der Waals surface area contributed by atoms with Crippen LogP contribution in [0, 0.1) is 0 Å². The van der Waals surface area contributed by atoms with Crippen LogP contribution in [-0.2, 0) is 23.2 Å². The van der Waals surface area contributed by atoms with E-state index in [1.165, 1.54) is 0 Å². The number of halogens is 1.